The molecule has 1 aliphatic rings. The Morgan fingerprint density at radius 3 is 2.26 bits per heavy atom. The van der Waals surface area contributed by atoms with Crippen molar-refractivity contribution in [1.82, 2.24) is 9.97 Å². The molecule has 0 aliphatic heterocycles. The summed E-state index contributed by atoms with van der Waals surface area (Å²) in [5, 5.41) is 0. The molecule has 0 amide bonds. The molecule has 0 bridgehead atoms. The topological polar surface area (TPSA) is 62.8 Å². The van der Waals surface area contributed by atoms with Crippen LogP contribution in [0.4, 0.5) is 13.2 Å². The normalized spacial score (nSPS) is 15.7. The molecule has 1 aromatic heterocycles. The van der Waals surface area contributed by atoms with E-state index in [-0.39, 0.29) is 17.9 Å². The van der Waals surface area contributed by atoms with E-state index in [0.29, 0.717) is 24.2 Å². The Kier molecular flexibility index (Phi) is 5.52. The highest BCUT2D eigenvalue weighted by Gasteiger charge is 2.39. The molecule has 0 unspecified atom stereocenters. The van der Waals surface area contributed by atoms with E-state index >= 15 is 0 Å². The summed E-state index contributed by atoms with van der Waals surface area (Å²) in [5.41, 5.74) is -0.196. The molecule has 7 heteroatoms. The van der Waals surface area contributed by atoms with E-state index in [1.165, 1.54) is 18.2 Å². The molecule has 4 nitrogen and oxygen atoms in total. The van der Waals surface area contributed by atoms with Crippen LogP contribution in [0.3, 0.4) is 0 Å². The molecule has 0 radical (unpaired) electrons. The van der Waals surface area contributed by atoms with Gasteiger partial charge in [0, 0.05) is 23.5 Å². The largest absolute Gasteiger partial charge is 0.416 e. The zero-order valence-corrected chi connectivity index (χ0v) is 16.7. The molecule has 31 heavy (non-hydrogen) atoms. The third-order valence-corrected chi connectivity index (χ3v) is 5.96. The standard InChI is InChI=1S/C24H21F3N2O2/c25-24(26,27)18-10-8-17(9-11-18)23(12-4-5-13-23)15-20(30)19-14-21(31)29-22(28-19)16-6-2-1-3-7-16/h1-3,6-11,14H,4-5,12-13,15H2,(H,28,29,31). The summed E-state index contributed by atoms with van der Waals surface area (Å²) in [6, 6.07) is 15.3. The predicted molar refractivity (Wildman–Crippen MR) is 111 cm³/mol. The fraction of sp³-hybridized carbons (Fsp3) is 0.292. The summed E-state index contributed by atoms with van der Waals surface area (Å²) in [5.74, 6) is 0.0246. The average Bonchev–Trinajstić information content (AvgIpc) is 3.23. The maximum absolute atomic E-state index is 13.1. The number of H-pyrrole nitrogens is 1. The summed E-state index contributed by atoms with van der Waals surface area (Å²) in [6.45, 7) is 0. The fourth-order valence-electron chi connectivity index (χ4n) is 4.36. The molecule has 4 rings (SSSR count). The summed E-state index contributed by atoms with van der Waals surface area (Å²) < 4.78 is 38.8. The number of alkyl halides is 3. The van der Waals surface area contributed by atoms with Gasteiger partial charge in [-0.2, -0.15) is 13.2 Å². The number of carbonyl (C=O) groups excluding carboxylic acids is 1. The number of hydrogen-bond acceptors (Lipinski definition) is 3. The Morgan fingerprint density at radius 1 is 1.00 bits per heavy atom. The van der Waals surface area contributed by atoms with Gasteiger partial charge in [-0.15, -0.1) is 0 Å². The van der Waals surface area contributed by atoms with Crippen molar-refractivity contribution >= 4 is 5.78 Å². The minimum Gasteiger partial charge on any atom is -0.306 e. The zero-order valence-electron chi connectivity index (χ0n) is 16.7. The van der Waals surface area contributed by atoms with Gasteiger partial charge < -0.3 is 4.98 Å². The fourth-order valence-corrected chi connectivity index (χ4v) is 4.36. The Bertz CT molecular complexity index is 1130. The molecular weight excluding hydrogens is 405 g/mol. The highest BCUT2D eigenvalue weighted by atomic mass is 19.4. The van der Waals surface area contributed by atoms with Crippen molar-refractivity contribution in [3.05, 3.63) is 87.8 Å². The summed E-state index contributed by atoms with van der Waals surface area (Å²) in [7, 11) is 0. The van der Waals surface area contributed by atoms with Gasteiger partial charge >= 0.3 is 6.18 Å². The third kappa shape index (κ3) is 4.45. The van der Waals surface area contributed by atoms with Crippen LogP contribution >= 0.6 is 0 Å². The van der Waals surface area contributed by atoms with E-state index in [1.807, 2.05) is 18.2 Å². The van der Waals surface area contributed by atoms with Crippen LogP contribution < -0.4 is 5.56 Å². The van der Waals surface area contributed by atoms with Crippen LogP contribution in [-0.4, -0.2) is 15.8 Å². The Labute approximate surface area is 177 Å². The molecule has 1 saturated carbocycles. The molecule has 3 aromatic rings. The number of nitrogens with one attached hydrogen (secondary N) is 1. The van der Waals surface area contributed by atoms with Crippen molar-refractivity contribution in [1.29, 1.82) is 0 Å². The van der Waals surface area contributed by atoms with Gasteiger partial charge in [0.15, 0.2) is 5.78 Å². The van der Waals surface area contributed by atoms with Gasteiger partial charge in [-0.1, -0.05) is 55.3 Å². The SMILES string of the molecule is O=C(CC1(c2ccc(C(F)(F)F)cc2)CCCC1)c1cc(=O)[nH]c(-c2ccccc2)n1. The van der Waals surface area contributed by atoms with Gasteiger partial charge in [-0.05, 0) is 30.5 Å². The van der Waals surface area contributed by atoms with Crippen LogP contribution in [0, 0.1) is 0 Å². The van der Waals surface area contributed by atoms with Crippen molar-refractivity contribution in [2.24, 2.45) is 0 Å². The van der Waals surface area contributed by atoms with E-state index in [0.717, 1.165) is 30.5 Å². The second-order valence-corrected chi connectivity index (χ2v) is 8.01. The highest BCUT2D eigenvalue weighted by molar-refractivity contribution is 5.95. The molecule has 0 saturated heterocycles. The second kappa shape index (κ2) is 8.13. The van der Waals surface area contributed by atoms with Gasteiger partial charge in [-0.3, -0.25) is 9.59 Å². The van der Waals surface area contributed by atoms with E-state index in [9.17, 15) is 22.8 Å². The van der Waals surface area contributed by atoms with Crippen molar-refractivity contribution < 1.29 is 18.0 Å². The van der Waals surface area contributed by atoms with Crippen molar-refractivity contribution in [2.75, 3.05) is 0 Å². The smallest absolute Gasteiger partial charge is 0.306 e. The first-order valence-corrected chi connectivity index (χ1v) is 10.1. The number of rotatable bonds is 5. The second-order valence-electron chi connectivity index (χ2n) is 8.01. The van der Waals surface area contributed by atoms with Gasteiger partial charge in [-0.25, -0.2) is 4.98 Å². The Hall–Kier alpha value is -3.22. The van der Waals surface area contributed by atoms with Gasteiger partial charge in [0.25, 0.3) is 5.56 Å². The maximum atomic E-state index is 13.1. The van der Waals surface area contributed by atoms with Crippen LogP contribution in [0.2, 0.25) is 0 Å². The minimum absolute atomic E-state index is 0.0702. The summed E-state index contributed by atoms with van der Waals surface area (Å²) in [6.07, 6.45) is -1.10. The summed E-state index contributed by atoms with van der Waals surface area (Å²) in [4.78, 5) is 32.3. The van der Waals surface area contributed by atoms with Gasteiger partial charge in [0.05, 0.1) is 5.56 Å². The molecule has 2 aromatic carbocycles. The number of ketones is 1. The molecule has 0 spiro atoms. The van der Waals surface area contributed by atoms with Crippen LogP contribution in [0.25, 0.3) is 11.4 Å². The molecule has 1 fully saturated rings. The molecule has 0 atom stereocenters. The van der Waals surface area contributed by atoms with E-state index in [1.54, 1.807) is 12.1 Å². The number of hydrogen-bond donors (Lipinski definition) is 1. The van der Waals surface area contributed by atoms with E-state index in [2.05, 4.69) is 9.97 Å². The van der Waals surface area contributed by atoms with Gasteiger partial charge in [0.1, 0.15) is 11.5 Å². The van der Waals surface area contributed by atoms with Crippen LogP contribution in [0.5, 0.6) is 0 Å². The first-order valence-electron chi connectivity index (χ1n) is 10.1. The molecule has 1 aliphatic carbocycles. The zero-order chi connectivity index (χ0) is 22.1. The Morgan fingerprint density at radius 2 is 1.65 bits per heavy atom. The van der Waals surface area contributed by atoms with Crippen LogP contribution in [0.1, 0.15) is 53.7 Å². The predicted octanol–water partition coefficient (Wildman–Crippen LogP) is 5.54. The highest BCUT2D eigenvalue weighted by Crippen LogP contribution is 2.45. The third-order valence-electron chi connectivity index (χ3n) is 5.96. The number of nitrogens with zero attached hydrogens (tertiary/aromatic N) is 1. The first kappa shape index (κ1) is 21.0. The summed E-state index contributed by atoms with van der Waals surface area (Å²) >= 11 is 0. The van der Waals surface area contributed by atoms with Crippen LogP contribution in [0.15, 0.2) is 65.5 Å². The Balaban J connectivity index is 1.64. The average molecular weight is 426 g/mol. The van der Waals surface area contributed by atoms with E-state index in [4.69, 9.17) is 0 Å². The minimum atomic E-state index is -4.40. The number of Topliss-reactive ketones (excluding diaryl/α,β-unsaturated/α-hetero) is 1. The van der Waals surface area contributed by atoms with Crippen molar-refractivity contribution in [2.45, 2.75) is 43.7 Å². The number of aromatic amines is 1. The van der Waals surface area contributed by atoms with Crippen molar-refractivity contribution in [3.8, 4) is 11.4 Å². The number of carbonyl (C=O) groups is 1. The lowest BCUT2D eigenvalue weighted by atomic mass is 9.74. The monoisotopic (exact) mass is 426 g/mol. The molecule has 160 valence electrons. The number of halogens is 3. The maximum Gasteiger partial charge on any atom is 0.416 e. The number of benzene rings is 2. The van der Waals surface area contributed by atoms with Crippen molar-refractivity contribution in [3.63, 3.8) is 0 Å². The molecular formula is C24H21F3N2O2. The molecule has 1 N–H and O–H groups in total. The quantitative estimate of drug-likeness (QED) is 0.545. The number of aromatic nitrogens is 2. The van der Waals surface area contributed by atoms with E-state index < -0.39 is 22.7 Å². The lowest BCUT2D eigenvalue weighted by Crippen LogP contribution is -2.27. The lowest BCUT2D eigenvalue weighted by Gasteiger charge is -2.29. The van der Waals surface area contributed by atoms with Gasteiger partial charge in [0.2, 0.25) is 0 Å². The first-order chi connectivity index (χ1) is 14.8. The molecule has 1 heterocycles. The lowest BCUT2D eigenvalue weighted by molar-refractivity contribution is -0.137. The van der Waals surface area contributed by atoms with Crippen LogP contribution in [-0.2, 0) is 11.6 Å².